The fourth-order valence-corrected chi connectivity index (χ4v) is 1.77. The fraction of sp³-hybridized carbons (Fsp3) is 0.700. The van der Waals surface area contributed by atoms with Crippen LogP contribution in [0.1, 0.15) is 26.2 Å². The molecule has 5 nitrogen and oxygen atoms in total. The number of carboxylic acid groups (broad SMARTS) is 1. The van der Waals surface area contributed by atoms with Crippen molar-refractivity contribution in [1.29, 1.82) is 0 Å². The Bertz CT molecular complexity index is 284. The number of carbonyl (C=O) groups excluding carboxylic acids is 2. The van der Waals surface area contributed by atoms with E-state index in [1.54, 1.807) is 6.92 Å². The van der Waals surface area contributed by atoms with Crippen molar-refractivity contribution in [3.05, 3.63) is 0 Å². The second kappa shape index (κ2) is 4.91. The molecule has 0 aliphatic heterocycles. The number of ketones is 1. The average molecular weight is 214 g/mol. The Morgan fingerprint density at radius 2 is 2.00 bits per heavy atom. The third kappa shape index (κ3) is 3.04. The fourth-order valence-electron chi connectivity index (χ4n) is 1.77. The summed E-state index contributed by atoms with van der Waals surface area (Å²) < 4.78 is 4.77. The van der Waals surface area contributed by atoms with Gasteiger partial charge in [-0.15, -0.1) is 0 Å². The van der Waals surface area contributed by atoms with Crippen molar-refractivity contribution in [3.8, 4) is 0 Å². The molecule has 2 atom stereocenters. The lowest BCUT2D eigenvalue weighted by Crippen LogP contribution is -2.33. The van der Waals surface area contributed by atoms with E-state index in [0.717, 1.165) is 0 Å². The third-order valence-electron chi connectivity index (χ3n) is 2.49. The minimum Gasteiger partial charge on any atom is -0.481 e. The Kier molecular flexibility index (Phi) is 3.82. The number of rotatable bonds is 3. The minimum absolute atomic E-state index is 0.0330. The van der Waals surface area contributed by atoms with Crippen molar-refractivity contribution in [3.63, 3.8) is 0 Å². The number of carbonyl (C=O) groups is 3. The highest BCUT2D eigenvalue weighted by atomic mass is 16.5. The predicted molar refractivity (Wildman–Crippen MR) is 50.1 cm³/mol. The van der Waals surface area contributed by atoms with Crippen LogP contribution in [0.5, 0.6) is 0 Å². The first-order valence-electron chi connectivity index (χ1n) is 4.95. The summed E-state index contributed by atoms with van der Waals surface area (Å²) in [7, 11) is 0. The van der Waals surface area contributed by atoms with Gasteiger partial charge in [0.1, 0.15) is 5.78 Å². The minimum atomic E-state index is -1.02. The van der Waals surface area contributed by atoms with Crippen LogP contribution in [0.2, 0.25) is 0 Å². The quantitative estimate of drug-likeness (QED) is 0.696. The number of Topliss-reactive ketones (excluding diaryl/α,β-unsaturated/α-hetero) is 1. The highest BCUT2D eigenvalue weighted by molar-refractivity contribution is 5.89. The van der Waals surface area contributed by atoms with Gasteiger partial charge in [-0.3, -0.25) is 14.4 Å². The maximum absolute atomic E-state index is 11.3. The molecule has 84 valence electrons. The molecule has 0 amide bonds. The zero-order valence-corrected chi connectivity index (χ0v) is 8.56. The van der Waals surface area contributed by atoms with Gasteiger partial charge in [0.2, 0.25) is 0 Å². The molecular formula is C10H14O5. The van der Waals surface area contributed by atoms with Crippen molar-refractivity contribution in [2.24, 2.45) is 11.8 Å². The monoisotopic (exact) mass is 214 g/mol. The highest BCUT2D eigenvalue weighted by Gasteiger charge is 2.35. The average Bonchev–Trinajstić information content (AvgIpc) is 2.17. The maximum Gasteiger partial charge on any atom is 0.309 e. The first kappa shape index (κ1) is 11.7. The SMILES string of the molecule is CCOC(=O)C1CC(=O)CC(C(=O)O)C1. The Balaban J connectivity index is 2.63. The molecule has 5 heteroatoms. The zero-order chi connectivity index (χ0) is 11.4. The van der Waals surface area contributed by atoms with E-state index >= 15 is 0 Å². The Labute approximate surface area is 87.4 Å². The Morgan fingerprint density at radius 1 is 1.40 bits per heavy atom. The summed E-state index contributed by atoms with van der Waals surface area (Å²) >= 11 is 0. The summed E-state index contributed by atoms with van der Waals surface area (Å²) in [6, 6.07) is 0. The van der Waals surface area contributed by atoms with Gasteiger partial charge in [0.15, 0.2) is 0 Å². The Hall–Kier alpha value is -1.39. The molecule has 1 rings (SSSR count). The molecular weight excluding hydrogens is 200 g/mol. The summed E-state index contributed by atoms with van der Waals surface area (Å²) in [4.78, 5) is 33.3. The highest BCUT2D eigenvalue weighted by Crippen LogP contribution is 2.27. The van der Waals surface area contributed by atoms with E-state index in [4.69, 9.17) is 9.84 Å². The van der Waals surface area contributed by atoms with Crippen LogP contribution in [0.15, 0.2) is 0 Å². The van der Waals surface area contributed by atoms with Crippen LogP contribution in [-0.4, -0.2) is 29.4 Å². The van der Waals surface area contributed by atoms with Crippen molar-refractivity contribution >= 4 is 17.7 Å². The number of ether oxygens (including phenoxy) is 1. The molecule has 0 heterocycles. The second-order valence-electron chi connectivity index (χ2n) is 3.67. The van der Waals surface area contributed by atoms with E-state index < -0.39 is 23.8 Å². The van der Waals surface area contributed by atoms with Crippen molar-refractivity contribution < 1.29 is 24.2 Å². The zero-order valence-electron chi connectivity index (χ0n) is 8.56. The Morgan fingerprint density at radius 3 is 2.53 bits per heavy atom. The van der Waals surface area contributed by atoms with Crippen LogP contribution in [-0.2, 0) is 19.1 Å². The van der Waals surface area contributed by atoms with E-state index in [0.29, 0.717) is 0 Å². The molecule has 0 aromatic carbocycles. The number of esters is 1. The number of carboxylic acids is 1. The van der Waals surface area contributed by atoms with Crippen molar-refractivity contribution in [2.45, 2.75) is 26.2 Å². The molecule has 1 N–H and O–H groups in total. The summed E-state index contributed by atoms with van der Waals surface area (Å²) in [5.74, 6) is -2.96. The van der Waals surface area contributed by atoms with Crippen LogP contribution in [0.25, 0.3) is 0 Å². The van der Waals surface area contributed by atoms with Crippen LogP contribution >= 0.6 is 0 Å². The molecule has 1 aliphatic rings. The van der Waals surface area contributed by atoms with Gasteiger partial charge >= 0.3 is 11.9 Å². The molecule has 0 bridgehead atoms. The van der Waals surface area contributed by atoms with Gasteiger partial charge in [-0.25, -0.2) is 0 Å². The smallest absolute Gasteiger partial charge is 0.309 e. The van der Waals surface area contributed by atoms with Gasteiger partial charge in [-0.05, 0) is 13.3 Å². The molecule has 0 saturated heterocycles. The predicted octanol–water partition coefficient (Wildman–Crippen LogP) is 0.620. The van der Waals surface area contributed by atoms with Gasteiger partial charge in [-0.2, -0.15) is 0 Å². The van der Waals surface area contributed by atoms with E-state index in [1.165, 1.54) is 0 Å². The van der Waals surface area contributed by atoms with Gasteiger partial charge in [0.05, 0.1) is 18.4 Å². The molecule has 1 saturated carbocycles. The standard InChI is InChI=1S/C10H14O5/c1-2-15-10(14)7-3-6(9(12)13)4-8(11)5-7/h6-7H,2-5H2,1H3,(H,12,13). The number of aliphatic carboxylic acids is 1. The maximum atomic E-state index is 11.3. The van der Waals surface area contributed by atoms with Crippen molar-refractivity contribution in [1.82, 2.24) is 0 Å². The van der Waals surface area contributed by atoms with Crippen LogP contribution in [0.4, 0.5) is 0 Å². The van der Waals surface area contributed by atoms with Crippen LogP contribution < -0.4 is 0 Å². The molecule has 0 spiro atoms. The summed E-state index contributed by atoms with van der Waals surface area (Å²) in [5, 5.41) is 8.78. The van der Waals surface area contributed by atoms with Gasteiger partial charge < -0.3 is 9.84 Å². The largest absolute Gasteiger partial charge is 0.481 e. The third-order valence-corrected chi connectivity index (χ3v) is 2.49. The van der Waals surface area contributed by atoms with Gasteiger partial charge in [0, 0.05) is 12.8 Å². The lowest BCUT2D eigenvalue weighted by Gasteiger charge is -2.23. The van der Waals surface area contributed by atoms with E-state index in [-0.39, 0.29) is 31.7 Å². The molecule has 0 aromatic heterocycles. The first-order valence-corrected chi connectivity index (χ1v) is 4.95. The molecule has 2 unspecified atom stereocenters. The van der Waals surface area contributed by atoms with E-state index in [1.807, 2.05) is 0 Å². The molecule has 1 aliphatic carbocycles. The van der Waals surface area contributed by atoms with Crippen molar-refractivity contribution in [2.75, 3.05) is 6.61 Å². The molecule has 15 heavy (non-hydrogen) atoms. The molecule has 1 fully saturated rings. The lowest BCUT2D eigenvalue weighted by molar-refractivity contribution is -0.155. The first-order chi connectivity index (χ1) is 7.04. The number of hydrogen-bond acceptors (Lipinski definition) is 4. The normalized spacial score (nSPS) is 26.1. The van der Waals surface area contributed by atoms with E-state index in [2.05, 4.69) is 0 Å². The van der Waals surface area contributed by atoms with Gasteiger partial charge in [0.25, 0.3) is 0 Å². The summed E-state index contributed by atoms with van der Waals surface area (Å²) in [5.41, 5.74) is 0. The lowest BCUT2D eigenvalue weighted by atomic mass is 9.81. The van der Waals surface area contributed by atoms with Crippen LogP contribution in [0, 0.1) is 11.8 Å². The van der Waals surface area contributed by atoms with Crippen LogP contribution in [0.3, 0.4) is 0 Å². The van der Waals surface area contributed by atoms with E-state index in [9.17, 15) is 14.4 Å². The second-order valence-corrected chi connectivity index (χ2v) is 3.67. The topological polar surface area (TPSA) is 80.7 Å². The molecule has 0 radical (unpaired) electrons. The summed E-state index contributed by atoms with van der Waals surface area (Å²) in [6.45, 7) is 1.93. The van der Waals surface area contributed by atoms with Gasteiger partial charge in [-0.1, -0.05) is 0 Å². The number of hydrogen-bond donors (Lipinski definition) is 1. The molecule has 0 aromatic rings. The summed E-state index contributed by atoms with van der Waals surface area (Å²) in [6.07, 6.45) is 0.355.